The lowest BCUT2D eigenvalue weighted by Gasteiger charge is -2.34. The first kappa shape index (κ1) is 61.7. The molecule has 0 saturated carbocycles. The Labute approximate surface area is 403 Å². The molecule has 372 valence electrons. The monoisotopic (exact) mass is 916 g/mol. The number of carbonyl (C=O) groups excluding carboxylic acids is 3. The average Bonchev–Trinajstić information content (AvgIpc) is 3.28. The largest absolute Gasteiger partial charge is 0.544 e. The summed E-state index contributed by atoms with van der Waals surface area (Å²) in [4.78, 5) is 37.1. The van der Waals surface area contributed by atoms with Gasteiger partial charge in [-0.15, -0.1) is 0 Å². The van der Waals surface area contributed by atoms with Crippen molar-refractivity contribution < 1.29 is 38.2 Å². The van der Waals surface area contributed by atoms with Crippen LogP contribution in [0.3, 0.4) is 0 Å². The number of carboxylic acid groups (broad SMARTS) is 1. The van der Waals surface area contributed by atoms with Crippen LogP contribution in [0.25, 0.3) is 0 Å². The molecule has 2 atom stereocenters. The molecule has 0 rings (SSSR count). The number of likely N-dealkylation sites (N-methyl/N-ethyl adjacent to an activating group) is 1. The van der Waals surface area contributed by atoms with Gasteiger partial charge < -0.3 is 28.6 Å². The van der Waals surface area contributed by atoms with E-state index in [2.05, 4.69) is 135 Å². The second-order valence-electron chi connectivity index (χ2n) is 17.6. The molecular formula is C58H93NO7. The fraction of sp³-hybridized carbons (Fsp3) is 0.603. The number of esters is 2. The SMILES string of the molecule is CC/C=C/C/C=C/C/C=C/C/C=C/C/C=C/CCCCCCCCC(=O)OCC(COCCC(C(=O)[O-])[N+](C)(C)C)OC(=O)CCCCCC/C=C/C/C=C/C/C=C/C/C=C/C/C=C/CC. The van der Waals surface area contributed by atoms with Crippen molar-refractivity contribution in [3.63, 3.8) is 0 Å². The fourth-order valence-electron chi connectivity index (χ4n) is 6.71. The highest BCUT2D eigenvalue weighted by molar-refractivity contribution is 5.70. The number of carboxylic acids is 1. The molecule has 0 bridgehead atoms. The normalized spacial score (nSPS) is 13.9. The number of hydrogen-bond donors (Lipinski definition) is 0. The third-order valence-electron chi connectivity index (χ3n) is 10.6. The van der Waals surface area contributed by atoms with E-state index >= 15 is 0 Å². The first-order valence-electron chi connectivity index (χ1n) is 25.6. The number of carbonyl (C=O) groups is 3. The third-order valence-corrected chi connectivity index (χ3v) is 10.6. The maximum atomic E-state index is 12.8. The van der Waals surface area contributed by atoms with Gasteiger partial charge in [0, 0.05) is 19.3 Å². The Bertz CT molecular complexity index is 1490. The van der Waals surface area contributed by atoms with Crippen molar-refractivity contribution in [3.8, 4) is 0 Å². The summed E-state index contributed by atoms with van der Waals surface area (Å²) in [6, 6.07) is -0.742. The van der Waals surface area contributed by atoms with Crippen LogP contribution in [-0.2, 0) is 28.6 Å². The average molecular weight is 916 g/mol. The molecule has 0 amide bonds. The van der Waals surface area contributed by atoms with Gasteiger partial charge in [0.05, 0.1) is 40.3 Å². The zero-order valence-electron chi connectivity index (χ0n) is 42.3. The Morgan fingerprint density at radius 1 is 0.455 bits per heavy atom. The quantitative estimate of drug-likeness (QED) is 0.0260. The molecule has 8 heteroatoms. The van der Waals surface area contributed by atoms with Crippen molar-refractivity contribution in [2.24, 2.45) is 0 Å². The summed E-state index contributed by atoms with van der Waals surface area (Å²) in [6.45, 7) is 4.38. The zero-order chi connectivity index (χ0) is 48.4. The van der Waals surface area contributed by atoms with Crippen LogP contribution < -0.4 is 5.11 Å². The van der Waals surface area contributed by atoms with Gasteiger partial charge in [-0.3, -0.25) is 9.59 Å². The molecule has 0 spiro atoms. The Morgan fingerprint density at radius 2 is 0.803 bits per heavy atom. The molecule has 0 radical (unpaired) electrons. The van der Waals surface area contributed by atoms with Gasteiger partial charge >= 0.3 is 11.9 Å². The van der Waals surface area contributed by atoms with Crippen molar-refractivity contribution in [3.05, 3.63) is 122 Å². The molecule has 0 aromatic rings. The Kier molecular flexibility index (Phi) is 44.2. The van der Waals surface area contributed by atoms with Gasteiger partial charge in [-0.2, -0.15) is 0 Å². The zero-order valence-corrected chi connectivity index (χ0v) is 42.3. The first-order valence-corrected chi connectivity index (χ1v) is 25.6. The summed E-state index contributed by atoms with van der Waals surface area (Å²) in [5, 5.41) is 11.7. The molecule has 0 fully saturated rings. The fourth-order valence-corrected chi connectivity index (χ4v) is 6.71. The first-order chi connectivity index (χ1) is 32.1. The lowest BCUT2D eigenvalue weighted by Crippen LogP contribution is -2.55. The van der Waals surface area contributed by atoms with Crippen LogP contribution in [0.1, 0.15) is 174 Å². The molecule has 0 saturated heterocycles. The van der Waals surface area contributed by atoms with Gasteiger partial charge in [-0.05, 0) is 103 Å². The second-order valence-corrected chi connectivity index (χ2v) is 17.6. The molecule has 66 heavy (non-hydrogen) atoms. The van der Waals surface area contributed by atoms with Crippen LogP contribution in [0.2, 0.25) is 0 Å². The highest BCUT2D eigenvalue weighted by Gasteiger charge is 2.25. The highest BCUT2D eigenvalue weighted by atomic mass is 16.6. The van der Waals surface area contributed by atoms with Crippen LogP contribution in [0.4, 0.5) is 0 Å². The van der Waals surface area contributed by atoms with E-state index in [4.69, 9.17) is 14.2 Å². The Hall–Kier alpha value is -4.27. The lowest BCUT2D eigenvalue weighted by molar-refractivity contribution is -0.889. The van der Waals surface area contributed by atoms with Crippen molar-refractivity contribution in [1.82, 2.24) is 0 Å². The molecule has 0 aliphatic rings. The minimum atomic E-state index is -1.14. The minimum Gasteiger partial charge on any atom is -0.544 e. The van der Waals surface area contributed by atoms with E-state index in [1.54, 1.807) is 21.1 Å². The highest BCUT2D eigenvalue weighted by Crippen LogP contribution is 2.13. The van der Waals surface area contributed by atoms with E-state index in [1.165, 1.54) is 12.8 Å². The van der Waals surface area contributed by atoms with Gasteiger partial charge in [0.1, 0.15) is 12.6 Å². The summed E-state index contributed by atoms with van der Waals surface area (Å²) < 4.78 is 17.2. The maximum Gasteiger partial charge on any atom is 0.306 e. The molecule has 0 N–H and O–H groups in total. The molecule has 0 aliphatic heterocycles. The molecule has 8 nitrogen and oxygen atoms in total. The topological polar surface area (TPSA) is 102 Å². The number of hydrogen-bond acceptors (Lipinski definition) is 7. The number of nitrogens with zero attached hydrogens (tertiary/aromatic N) is 1. The second kappa shape index (κ2) is 47.2. The Morgan fingerprint density at radius 3 is 1.18 bits per heavy atom. The van der Waals surface area contributed by atoms with Gasteiger partial charge in [0.25, 0.3) is 0 Å². The van der Waals surface area contributed by atoms with Crippen LogP contribution in [0, 0.1) is 0 Å². The number of quaternary nitrogens is 1. The van der Waals surface area contributed by atoms with Gasteiger partial charge in [0.2, 0.25) is 0 Å². The number of ether oxygens (including phenoxy) is 3. The van der Waals surface area contributed by atoms with E-state index in [0.717, 1.165) is 128 Å². The Balaban J connectivity index is 4.37. The predicted octanol–water partition coefficient (Wildman–Crippen LogP) is 13.6. The third kappa shape index (κ3) is 44.9. The van der Waals surface area contributed by atoms with Crippen LogP contribution in [0.5, 0.6) is 0 Å². The van der Waals surface area contributed by atoms with Crippen molar-refractivity contribution in [1.29, 1.82) is 0 Å². The van der Waals surface area contributed by atoms with Crippen LogP contribution in [-0.4, -0.2) is 75.5 Å². The number of unbranched alkanes of at least 4 members (excludes halogenated alkanes) is 10. The summed E-state index contributed by atoms with van der Waals surface area (Å²) in [5.74, 6) is -1.80. The molecule has 2 unspecified atom stereocenters. The number of aliphatic carboxylic acids is 1. The maximum absolute atomic E-state index is 12.8. The lowest BCUT2D eigenvalue weighted by atomic mass is 10.1. The van der Waals surface area contributed by atoms with E-state index < -0.39 is 18.1 Å². The number of rotatable bonds is 44. The molecule has 0 aromatic carbocycles. The van der Waals surface area contributed by atoms with E-state index in [1.807, 2.05) is 0 Å². The van der Waals surface area contributed by atoms with Crippen molar-refractivity contribution in [2.75, 3.05) is 41.0 Å². The van der Waals surface area contributed by atoms with Crippen LogP contribution >= 0.6 is 0 Å². The van der Waals surface area contributed by atoms with Crippen LogP contribution in [0.15, 0.2) is 122 Å². The summed E-state index contributed by atoms with van der Waals surface area (Å²) >= 11 is 0. The molecular weight excluding hydrogens is 823 g/mol. The molecule has 0 aromatic heterocycles. The summed E-state index contributed by atoms with van der Waals surface area (Å²) in [7, 11) is 5.39. The molecule has 0 aliphatic carbocycles. The van der Waals surface area contributed by atoms with E-state index in [0.29, 0.717) is 6.42 Å². The standard InChI is InChI=1S/C58H93NO7/c1-6-8-10-12-14-16-18-20-22-24-26-28-29-31-32-34-36-38-40-42-44-46-48-56(60)65-53-54(52-64-51-50-55(58(62)63)59(3,4)5)66-57(61)49-47-45-43-41-39-37-35-33-30-27-25-23-21-19-17-15-13-11-9-7-2/h8-11,14-17,20-23,26-28,30-32,35,37,54-55H,6-7,12-13,18-19,24-25,29,33-34,36,38-53H2,1-5H3/b10-8+,11-9+,16-14+,17-15+,22-20+,23-21+,28-26+,30-27+,32-31+,37-35+. The summed E-state index contributed by atoms with van der Waals surface area (Å²) in [5.41, 5.74) is 0. The van der Waals surface area contributed by atoms with E-state index in [-0.39, 0.29) is 49.1 Å². The smallest absolute Gasteiger partial charge is 0.306 e. The number of allylic oxidation sites excluding steroid dienone is 20. The predicted molar refractivity (Wildman–Crippen MR) is 277 cm³/mol. The summed E-state index contributed by atoms with van der Waals surface area (Å²) in [6.07, 6.45) is 66.5. The van der Waals surface area contributed by atoms with Gasteiger partial charge in [-0.25, -0.2) is 0 Å². The molecule has 0 heterocycles. The van der Waals surface area contributed by atoms with Crippen molar-refractivity contribution in [2.45, 2.75) is 187 Å². The van der Waals surface area contributed by atoms with E-state index in [9.17, 15) is 19.5 Å². The van der Waals surface area contributed by atoms with Gasteiger partial charge in [0.15, 0.2) is 6.10 Å². The van der Waals surface area contributed by atoms with Crippen molar-refractivity contribution >= 4 is 17.9 Å². The van der Waals surface area contributed by atoms with Gasteiger partial charge in [-0.1, -0.05) is 174 Å². The minimum absolute atomic E-state index is 0.0167.